The van der Waals surface area contributed by atoms with E-state index in [0.29, 0.717) is 17.0 Å². The second-order valence-electron chi connectivity index (χ2n) is 4.86. The van der Waals surface area contributed by atoms with E-state index in [9.17, 15) is 18.0 Å². The third-order valence-electron chi connectivity index (χ3n) is 3.02. The van der Waals surface area contributed by atoms with Crippen LogP contribution in [-0.2, 0) is 17.5 Å². The Bertz CT molecular complexity index is 701. The number of anilines is 1. The number of carbonyl (C=O) groups is 1. The van der Waals surface area contributed by atoms with E-state index in [1.807, 2.05) is 0 Å². The van der Waals surface area contributed by atoms with Gasteiger partial charge in [0.2, 0.25) is 0 Å². The lowest BCUT2D eigenvalue weighted by atomic mass is 10.1. The molecule has 0 unspecified atom stereocenters. The Balaban J connectivity index is 2.01. The molecule has 4 nitrogen and oxygen atoms in total. The lowest BCUT2D eigenvalue weighted by Gasteiger charge is -2.11. The molecule has 0 saturated heterocycles. The summed E-state index contributed by atoms with van der Waals surface area (Å²) in [5.74, 6) is 0.418. The molecule has 128 valence electrons. The monoisotopic (exact) mass is 339 g/mol. The Morgan fingerprint density at radius 1 is 1.12 bits per heavy atom. The van der Waals surface area contributed by atoms with Crippen molar-refractivity contribution in [3.05, 3.63) is 59.7 Å². The maximum atomic E-state index is 12.7. The molecule has 0 atom stereocenters. The predicted octanol–water partition coefficient (Wildman–Crippen LogP) is 4.85. The van der Waals surface area contributed by atoms with Gasteiger partial charge in [-0.3, -0.25) is 5.32 Å². The highest BCUT2D eigenvalue weighted by Crippen LogP contribution is 2.29. The molecule has 2 aromatic rings. The van der Waals surface area contributed by atoms with Crippen molar-refractivity contribution in [2.75, 3.05) is 11.9 Å². The molecule has 0 fully saturated rings. The average Bonchev–Trinajstić information content (AvgIpc) is 2.53. The van der Waals surface area contributed by atoms with E-state index in [0.717, 1.165) is 12.1 Å². The lowest BCUT2D eigenvalue weighted by molar-refractivity contribution is -0.137. The smallest absolute Gasteiger partial charge is 0.416 e. The van der Waals surface area contributed by atoms with Gasteiger partial charge in [0.15, 0.2) is 0 Å². The Labute approximate surface area is 137 Å². The molecule has 1 N–H and O–H groups in total. The highest BCUT2D eigenvalue weighted by molar-refractivity contribution is 5.84. The summed E-state index contributed by atoms with van der Waals surface area (Å²) >= 11 is 0. The molecule has 0 aliphatic rings. The van der Waals surface area contributed by atoms with E-state index >= 15 is 0 Å². The molecule has 0 radical (unpaired) electrons. The highest BCUT2D eigenvalue weighted by atomic mass is 19.4. The van der Waals surface area contributed by atoms with E-state index < -0.39 is 17.8 Å². The maximum absolute atomic E-state index is 12.7. The summed E-state index contributed by atoms with van der Waals surface area (Å²) in [5, 5.41) is 2.52. The summed E-state index contributed by atoms with van der Waals surface area (Å²) in [6, 6.07) is 11.4. The molecule has 2 rings (SSSR count). The molecule has 0 bridgehead atoms. The minimum Gasteiger partial charge on any atom is -0.489 e. The van der Waals surface area contributed by atoms with Crippen molar-refractivity contribution < 1.29 is 27.4 Å². The average molecular weight is 339 g/mol. The third kappa shape index (κ3) is 5.19. The Morgan fingerprint density at radius 3 is 2.58 bits per heavy atom. The fourth-order valence-corrected chi connectivity index (χ4v) is 1.95. The molecule has 0 aromatic heterocycles. The van der Waals surface area contributed by atoms with Gasteiger partial charge in [-0.2, -0.15) is 13.2 Å². The zero-order valence-corrected chi connectivity index (χ0v) is 12.9. The van der Waals surface area contributed by atoms with Crippen LogP contribution in [0.4, 0.5) is 23.7 Å². The Hall–Kier alpha value is -2.70. The van der Waals surface area contributed by atoms with Gasteiger partial charge in [-0.25, -0.2) is 4.79 Å². The zero-order chi connectivity index (χ0) is 17.6. The molecule has 7 heteroatoms. The van der Waals surface area contributed by atoms with Crippen molar-refractivity contribution in [1.82, 2.24) is 0 Å². The minimum atomic E-state index is -4.39. The number of hydrogen-bond donors (Lipinski definition) is 1. The molecular weight excluding hydrogens is 323 g/mol. The van der Waals surface area contributed by atoms with Crippen LogP contribution in [0.25, 0.3) is 0 Å². The number of halogens is 3. The van der Waals surface area contributed by atoms with Crippen LogP contribution in [0.1, 0.15) is 18.1 Å². The quantitative estimate of drug-likeness (QED) is 0.847. The Morgan fingerprint density at radius 2 is 1.88 bits per heavy atom. The van der Waals surface area contributed by atoms with Gasteiger partial charge in [0.1, 0.15) is 12.4 Å². The predicted molar refractivity (Wildman–Crippen MR) is 82.9 cm³/mol. The van der Waals surface area contributed by atoms with Crippen LogP contribution >= 0.6 is 0 Å². The van der Waals surface area contributed by atoms with Gasteiger partial charge < -0.3 is 9.47 Å². The summed E-state index contributed by atoms with van der Waals surface area (Å²) < 4.78 is 48.3. The lowest BCUT2D eigenvalue weighted by Crippen LogP contribution is -2.13. The summed E-state index contributed by atoms with van der Waals surface area (Å²) in [7, 11) is 0. The number of ether oxygens (including phenoxy) is 2. The van der Waals surface area contributed by atoms with Gasteiger partial charge in [-0.15, -0.1) is 0 Å². The van der Waals surface area contributed by atoms with Crippen molar-refractivity contribution in [1.29, 1.82) is 0 Å². The number of alkyl halides is 3. The molecule has 0 spiro atoms. The van der Waals surface area contributed by atoms with Crippen LogP contribution in [0, 0.1) is 0 Å². The topological polar surface area (TPSA) is 47.6 Å². The fourth-order valence-electron chi connectivity index (χ4n) is 1.95. The van der Waals surface area contributed by atoms with Gasteiger partial charge >= 0.3 is 12.3 Å². The summed E-state index contributed by atoms with van der Waals surface area (Å²) in [6.07, 6.45) is -4.98. The summed E-state index contributed by atoms with van der Waals surface area (Å²) in [6.45, 7) is 1.92. The van der Waals surface area contributed by atoms with Crippen molar-refractivity contribution in [2.45, 2.75) is 19.7 Å². The van der Waals surface area contributed by atoms with Gasteiger partial charge in [-0.1, -0.05) is 18.2 Å². The molecule has 0 aliphatic heterocycles. The first-order chi connectivity index (χ1) is 11.4. The second-order valence-corrected chi connectivity index (χ2v) is 4.86. The summed E-state index contributed by atoms with van der Waals surface area (Å²) in [5.41, 5.74) is 0.143. The van der Waals surface area contributed by atoms with Gasteiger partial charge in [0, 0.05) is 11.8 Å². The number of carbonyl (C=O) groups excluding carboxylic acids is 1. The molecule has 2 aromatic carbocycles. The maximum Gasteiger partial charge on any atom is 0.416 e. The van der Waals surface area contributed by atoms with Gasteiger partial charge in [-0.05, 0) is 36.8 Å². The Kier molecular flexibility index (Phi) is 5.68. The first-order valence-corrected chi connectivity index (χ1v) is 7.21. The first-order valence-electron chi connectivity index (χ1n) is 7.21. The van der Waals surface area contributed by atoms with Crippen molar-refractivity contribution >= 4 is 11.8 Å². The van der Waals surface area contributed by atoms with Crippen LogP contribution < -0.4 is 10.1 Å². The minimum absolute atomic E-state index is 0.0211. The van der Waals surface area contributed by atoms with Gasteiger partial charge in [0.25, 0.3) is 0 Å². The van der Waals surface area contributed by atoms with Crippen molar-refractivity contribution in [3.63, 3.8) is 0 Å². The second kappa shape index (κ2) is 7.72. The van der Waals surface area contributed by atoms with E-state index in [4.69, 9.17) is 9.47 Å². The number of nitrogens with one attached hydrogen (secondary N) is 1. The van der Waals surface area contributed by atoms with Crippen LogP contribution in [0.15, 0.2) is 48.5 Å². The highest BCUT2D eigenvalue weighted by Gasteiger charge is 2.30. The van der Waals surface area contributed by atoms with Crippen LogP contribution in [0.5, 0.6) is 5.75 Å². The molecule has 1 amide bonds. The zero-order valence-electron chi connectivity index (χ0n) is 12.9. The van der Waals surface area contributed by atoms with E-state index in [-0.39, 0.29) is 13.2 Å². The third-order valence-corrected chi connectivity index (χ3v) is 3.02. The van der Waals surface area contributed by atoms with Crippen molar-refractivity contribution in [2.24, 2.45) is 0 Å². The number of hydrogen-bond acceptors (Lipinski definition) is 3. The van der Waals surface area contributed by atoms with Crippen LogP contribution in [0.3, 0.4) is 0 Å². The van der Waals surface area contributed by atoms with Crippen LogP contribution in [0.2, 0.25) is 0 Å². The van der Waals surface area contributed by atoms with E-state index in [2.05, 4.69) is 5.32 Å². The number of rotatable bonds is 5. The van der Waals surface area contributed by atoms with Gasteiger partial charge in [0.05, 0.1) is 12.2 Å². The molecule has 0 saturated carbocycles. The molecular formula is C17H16F3NO3. The van der Waals surface area contributed by atoms with Crippen LogP contribution in [-0.4, -0.2) is 12.7 Å². The SMILES string of the molecule is CCOC(=O)Nc1cccc(OCc2cccc(C(F)(F)F)c2)c1. The van der Waals surface area contributed by atoms with E-state index in [1.54, 1.807) is 37.3 Å². The van der Waals surface area contributed by atoms with Crippen molar-refractivity contribution in [3.8, 4) is 5.75 Å². The summed E-state index contributed by atoms with van der Waals surface area (Å²) in [4.78, 5) is 11.4. The normalized spacial score (nSPS) is 11.0. The molecule has 0 heterocycles. The number of amides is 1. The standard InChI is InChI=1S/C17H16F3NO3/c1-2-23-16(22)21-14-7-4-8-15(10-14)24-11-12-5-3-6-13(9-12)17(18,19)20/h3-10H,2,11H2,1H3,(H,21,22). The largest absolute Gasteiger partial charge is 0.489 e. The molecule has 0 aliphatic carbocycles. The first kappa shape index (κ1) is 17.7. The number of benzene rings is 2. The molecule has 24 heavy (non-hydrogen) atoms. The van der Waals surface area contributed by atoms with E-state index in [1.165, 1.54) is 6.07 Å². The fraction of sp³-hybridized carbons (Fsp3) is 0.235.